The Morgan fingerprint density at radius 1 is 1.33 bits per heavy atom. The van der Waals surface area contributed by atoms with E-state index in [1.807, 2.05) is 28.9 Å². The Bertz CT molecular complexity index is 676. The summed E-state index contributed by atoms with van der Waals surface area (Å²) in [7, 11) is 1.60. The van der Waals surface area contributed by atoms with Crippen molar-refractivity contribution < 1.29 is 4.74 Å². The molecule has 0 fully saturated rings. The zero-order valence-corrected chi connectivity index (χ0v) is 13.9. The maximum atomic E-state index is 12.4. The molecule has 0 bridgehead atoms. The van der Waals surface area contributed by atoms with Crippen molar-refractivity contribution in [3.63, 3.8) is 0 Å². The van der Waals surface area contributed by atoms with Crippen LogP contribution in [-0.4, -0.2) is 16.5 Å². The van der Waals surface area contributed by atoms with Crippen molar-refractivity contribution in [2.24, 2.45) is 0 Å². The summed E-state index contributed by atoms with van der Waals surface area (Å²) in [4.78, 5) is 12.4. The molecule has 2 aromatic rings. The Balaban J connectivity index is 2.46. The van der Waals surface area contributed by atoms with Gasteiger partial charge < -0.3 is 10.5 Å². The molecule has 0 aliphatic rings. The first kappa shape index (κ1) is 15.9. The summed E-state index contributed by atoms with van der Waals surface area (Å²) < 4.78 is 9.79. The Hall–Kier alpha value is -1.53. The van der Waals surface area contributed by atoms with Gasteiger partial charge in [-0.05, 0) is 24.1 Å². The molecule has 2 N–H and O–H groups in total. The number of benzene rings is 1. The third-order valence-corrected chi connectivity index (χ3v) is 3.81. The minimum atomic E-state index is -0.157. The molecule has 0 unspecified atom stereocenters. The number of aromatic nitrogens is 2. The van der Waals surface area contributed by atoms with Crippen molar-refractivity contribution in [1.29, 1.82) is 0 Å². The van der Waals surface area contributed by atoms with Gasteiger partial charge in [0.2, 0.25) is 0 Å². The molecule has 0 spiro atoms. The van der Waals surface area contributed by atoms with E-state index in [2.05, 4.69) is 22.9 Å². The molecule has 1 aromatic carbocycles. The molecule has 21 heavy (non-hydrogen) atoms. The second-order valence-electron chi connectivity index (χ2n) is 4.91. The van der Waals surface area contributed by atoms with Gasteiger partial charge in [0.15, 0.2) is 0 Å². The van der Waals surface area contributed by atoms with Gasteiger partial charge in [0, 0.05) is 18.1 Å². The third-order valence-electron chi connectivity index (χ3n) is 3.32. The molecule has 0 saturated heterocycles. The van der Waals surface area contributed by atoms with Crippen LogP contribution >= 0.6 is 15.9 Å². The molecule has 0 radical (unpaired) electrons. The number of ether oxygens (including phenoxy) is 1. The van der Waals surface area contributed by atoms with Crippen molar-refractivity contribution >= 4 is 21.6 Å². The fourth-order valence-electron chi connectivity index (χ4n) is 2.38. The van der Waals surface area contributed by atoms with Crippen LogP contribution in [0.2, 0.25) is 0 Å². The van der Waals surface area contributed by atoms with Crippen LogP contribution in [0.1, 0.15) is 24.6 Å². The van der Waals surface area contributed by atoms with E-state index in [9.17, 15) is 4.79 Å². The molecule has 0 aliphatic heterocycles. The molecular weight excluding hydrogens is 334 g/mol. The highest BCUT2D eigenvalue weighted by Crippen LogP contribution is 2.15. The predicted octanol–water partition coefficient (Wildman–Crippen LogP) is 2.60. The van der Waals surface area contributed by atoms with Crippen LogP contribution in [0.15, 0.2) is 33.5 Å². The highest BCUT2D eigenvalue weighted by molar-refractivity contribution is 9.10. The van der Waals surface area contributed by atoms with Crippen LogP contribution in [0.25, 0.3) is 0 Å². The fourth-order valence-corrected chi connectivity index (χ4v) is 2.83. The Morgan fingerprint density at radius 2 is 2.10 bits per heavy atom. The van der Waals surface area contributed by atoms with E-state index in [-0.39, 0.29) is 11.2 Å². The zero-order valence-electron chi connectivity index (χ0n) is 12.3. The third kappa shape index (κ3) is 3.39. The van der Waals surface area contributed by atoms with E-state index in [0.29, 0.717) is 13.2 Å². The Morgan fingerprint density at radius 3 is 2.71 bits per heavy atom. The maximum absolute atomic E-state index is 12.4. The first-order valence-corrected chi connectivity index (χ1v) is 7.69. The molecule has 0 saturated carbocycles. The summed E-state index contributed by atoms with van der Waals surface area (Å²) in [5, 5.41) is 0. The summed E-state index contributed by atoms with van der Waals surface area (Å²) in [5.74, 6) is 0. The molecule has 0 amide bonds. The van der Waals surface area contributed by atoms with E-state index in [0.717, 1.165) is 28.7 Å². The number of nitrogens with two attached hydrogens (primary N) is 1. The first-order chi connectivity index (χ1) is 10.1. The lowest BCUT2D eigenvalue weighted by Gasteiger charge is -2.14. The van der Waals surface area contributed by atoms with E-state index in [1.165, 1.54) is 0 Å². The minimum Gasteiger partial charge on any atom is -0.393 e. The molecule has 5 nitrogen and oxygen atoms in total. The minimum absolute atomic E-state index is 0.157. The predicted molar refractivity (Wildman–Crippen MR) is 87.4 cm³/mol. The average molecular weight is 354 g/mol. The number of rotatable bonds is 6. The lowest BCUT2D eigenvalue weighted by molar-refractivity contribution is 0.175. The lowest BCUT2D eigenvalue weighted by atomic mass is 10.2. The van der Waals surface area contributed by atoms with E-state index in [1.54, 1.807) is 11.8 Å². The van der Waals surface area contributed by atoms with Crippen LogP contribution in [-0.2, 0) is 24.4 Å². The van der Waals surface area contributed by atoms with Crippen LogP contribution in [0.5, 0.6) is 0 Å². The van der Waals surface area contributed by atoms with E-state index < -0.39 is 0 Å². The van der Waals surface area contributed by atoms with Gasteiger partial charge in [-0.15, -0.1) is 0 Å². The van der Waals surface area contributed by atoms with Gasteiger partial charge in [-0.25, -0.2) is 4.68 Å². The zero-order chi connectivity index (χ0) is 15.4. The van der Waals surface area contributed by atoms with Crippen molar-refractivity contribution in [3.8, 4) is 0 Å². The summed E-state index contributed by atoms with van der Waals surface area (Å²) in [6.07, 6.45) is 0.919. The molecule has 1 aromatic heterocycles. The summed E-state index contributed by atoms with van der Waals surface area (Å²) >= 11 is 3.45. The molecule has 0 aliphatic carbocycles. The van der Waals surface area contributed by atoms with Crippen LogP contribution < -0.4 is 11.3 Å². The quantitative estimate of drug-likeness (QED) is 0.867. The van der Waals surface area contributed by atoms with Gasteiger partial charge in [-0.2, -0.15) is 0 Å². The highest BCUT2D eigenvalue weighted by atomic mass is 79.9. The van der Waals surface area contributed by atoms with Gasteiger partial charge in [-0.1, -0.05) is 35.0 Å². The van der Waals surface area contributed by atoms with Crippen LogP contribution in [0, 0.1) is 0 Å². The molecule has 1 heterocycles. The number of methoxy groups -OCH3 is 1. The molecule has 6 heteroatoms. The number of anilines is 1. The largest absolute Gasteiger partial charge is 0.393 e. The van der Waals surface area contributed by atoms with Gasteiger partial charge >= 0.3 is 0 Å². The first-order valence-electron chi connectivity index (χ1n) is 6.89. The number of halogens is 1. The van der Waals surface area contributed by atoms with Gasteiger partial charge in [-0.3, -0.25) is 9.48 Å². The monoisotopic (exact) mass is 353 g/mol. The smallest absolute Gasteiger partial charge is 0.290 e. The molecule has 2 rings (SSSR count). The SMILES string of the molecule is CCCn1c(COC)c(N)c(=O)n1Cc1cccc(Br)c1. The van der Waals surface area contributed by atoms with Crippen molar-refractivity contribution in [2.45, 2.75) is 33.0 Å². The summed E-state index contributed by atoms with van der Waals surface area (Å²) in [5.41, 5.74) is 7.88. The second-order valence-corrected chi connectivity index (χ2v) is 5.82. The summed E-state index contributed by atoms with van der Waals surface area (Å²) in [6, 6.07) is 7.91. The van der Waals surface area contributed by atoms with Gasteiger partial charge in [0.05, 0.1) is 18.8 Å². The standard InChI is InChI=1S/C15H20BrN3O2/c1-3-7-18-13(10-21-2)14(17)15(20)19(18)9-11-5-4-6-12(16)8-11/h4-6,8H,3,7,9-10,17H2,1-2H3. The van der Waals surface area contributed by atoms with Crippen LogP contribution in [0.3, 0.4) is 0 Å². The molecule has 114 valence electrons. The van der Waals surface area contributed by atoms with Crippen molar-refractivity contribution in [3.05, 3.63) is 50.3 Å². The lowest BCUT2D eigenvalue weighted by Crippen LogP contribution is -2.25. The number of hydrogen-bond acceptors (Lipinski definition) is 3. The summed E-state index contributed by atoms with van der Waals surface area (Å²) in [6.45, 7) is 3.64. The number of hydrogen-bond donors (Lipinski definition) is 1. The van der Waals surface area contributed by atoms with Crippen LogP contribution in [0.4, 0.5) is 5.69 Å². The normalized spacial score (nSPS) is 11.0. The fraction of sp³-hybridized carbons (Fsp3) is 0.400. The second kappa shape index (κ2) is 6.95. The topological polar surface area (TPSA) is 62.2 Å². The molecular formula is C15H20BrN3O2. The maximum Gasteiger partial charge on any atom is 0.290 e. The molecule has 0 atom stereocenters. The van der Waals surface area contributed by atoms with E-state index in [4.69, 9.17) is 10.5 Å². The number of nitrogens with zero attached hydrogens (tertiary/aromatic N) is 2. The Labute approximate surface area is 132 Å². The van der Waals surface area contributed by atoms with Crippen molar-refractivity contribution in [2.75, 3.05) is 12.8 Å². The average Bonchev–Trinajstić information content (AvgIpc) is 2.66. The number of nitrogen functional groups attached to an aromatic ring is 1. The Kier molecular flexibility index (Phi) is 5.25. The van der Waals surface area contributed by atoms with Gasteiger partial charge in [0.1, 0.15) is 5.69 Å². The van der Waals surface area contributed by atoms with Gasteiger partial charge in [0.25, 0.3) is 5.56 Å². The highest BCUT2D eigenvalue weighted by Gasteiger charge is 2.17. The van der Waals surface area contributed by atoms with E-state index >= 15 is 0 Å². The van der Waals surface area contributed by atoms with Crippen molar-refractivity contribution in [1.82, 2.24) is 9.36 Å².